The number of alkyl halides is 3. The number of nitrogens with zero attached hydrogens (tertiary/aromatic N) is 1. The predicted molar refractivity (Wildman–Crippen MR) is 110 cm³/mol. The summed E-state index contributed by atoms with van der Waals surface area (Å²) in [5, 5.41) is 2.56. The molecule has 2 bridgehead atoms. The zero-order valence-corrected chi connectivity index (χ0v) is 18.1. The summed E-state index contributed by atoms with van der Waals surface area (Å²) in [4.78, 5) is 40.2. The van der Waals surface area contributed by atoms with Crippen molar-refractivity contribution in [1.82, 2.24) is 4.90 Å². The first-order chi connectivity index (χ1) is 15.1. The van der Waals surface area contributed by atoms with E-state index in [-0.39, 0.29) is 40.4 Å². The van der Waals surface area contributed by atoms with Crippen molar-refractivity contribution in [3.05, 3.63) is 28.8 Å². The van der Waals surface area contributed by atoms with E-state index in [0.29, 0.717) is 37.5 Å². The number of amides is 3. The second kappa shape index (κ2) is 7.75. The van der Waals surface area contributed by atoms with E-state index in [0.717, 1.165) is 37.5 Å². The Hall–Kier alpha value is -2.09. The Morgan fingerprint density at radius 3 is 2.12 bits per heavy atom. The molecule has 1 N–H and O–H groups in total. The van der Waals surface area contributed by atoms with Crippen molar-refractivity contribution in [3.63, 3.8) is 0 Å². The SMILES string of the molecule is O=C(Nc1cc(C(F)(F)F)ccc1Cl)C1CCC(N2C(=O)[C@H]3[C@@H]4CC[C@@H](C4)[C@@H]3C2=O)CC1. The van der Waals surface area contributed by atoms with E-state index < -0.39 is 23.6 Å². The Morgan fingerprint density at radius 1 is 0.969 bits per heavy atom. The molecule has 1 saturated heterocycles. The Kier molecular flexibility index (Phi) is 5.26. The number of benzene rings is 1. The lowest BCUT2D eigenvalue weighted by atomic mass is 9.81. The average Bonchev–Trinajstić information content (AvgIpc) is 3.43. The van der Waals surface area contributed by atoms with Crippen molar-refractivity contribution in [3.8, 4) is 0 Å². The molecule has 1 aliphatic heterocycles. The van der Waals surface area contributed by atoms with Gasteiger partial charge in [-0.05, 0) is 75.0 Å². The second-order valence-corrected chi connectivity index (χ2v) is 10.0. The minimum atomic E-state index is -4.53. The maximum absolute atomic E-state index is 13.0. The fourth-order valence-electron chi connectivity index (χ4n) is 6.42. The molecule has 0 spiro atoms. The van der Waals surface area contributed by atoms with E-state index in [1.807, 2.05) is 0 Å². The van der Waals surface area contributed by atoms with Crippen molar-refractivity contribution in [2.24, 2.45) is 29.6 Å². The average molecular weight is 469 g/mol. The third kappa shape index (κ3) is 3.51. The molecule has 1 aromatic carbocycles. The lowest BCUT2D eigenvalue weighted by Gasteiger charge is -2.33. The summed E-state index contributed by atoms with van der Waals surface area (Å²) in [6.07, 6.45) is 0.508. The number of rotatable bonds is 3. The Balaban J connectivity index is 1.22. The van der Waals surface area contributed by atoms with Gasteiger partial charge in [0.1, 0.15) is 0 Å². The Labute approximate surface area is 188 Å². The van der Waals surface area contributed by atoms with Gasteiger partial charge in [0.2, 0.25) is 17.7 Å². The number of carbonyl (C=O) groups excluding carboxylic acids is 3. The quantitative estimate of drug-likeness (QED) is 0.642. The highest BCUT2D eigenvalue weighted by atomic mass is 35.5. The Bertz CT molecular complexity index is 946. The molecule has 4 atom stereocenters. The van der Waals surface area contributed by atoms with Crippen LogP contribution in [0, 0.1) is 29.6 Å². The number of fused-ring (bicyclic) bond motifs is 5. The molecule has 5 rings (SSSR count). The molecular weight excluding hydrogens is 445 g/mol. The molecule has 3 aliphatic carbocycles. The van der Waals surface area contributed by atoms with Gasteiger partial charge in [0, 0.05) is 12.0 Å². The van der Waals surface area contributed by atoms with Gasteiger partial charge in [-0.1, -0.05) is 11.6 Å². The third-order valence-corrected chi connectivity index (χ3v) is 8.28. The molecular formula is C23H24ClF3N2O3. The van der Waals surface area contributed by atoms with Crippen LogP contribution in [0.25, 0.3) is 0 Å². The van der Waals surface area contributed by atoms with Gasteiger partial charge in [-0.15, -0.1) is 0 Å². The molecule has 9 heteroatoms. The minimum absolute atomic E-state index is 0.0316. The van der Waals surface area contributed by atoms with Crippen molar-refractivity contribution >= 4 is 35.0 Å². The van der Waals surface area contributed by atoms with E-state index >= 15 is 0 Å². The maximum Gasteiger partial charge on any atom is 0.416 e. The number of imide groups is 1. The van der Waals surface area contributed by atoms with Gasteiger partial charge in [0.25, 0.3) is 0 Å². The second-order valence-electron chi connectivity index (χ2n) is 9.62. The minimum Gasteiger partial charge on any atom is -0.325 e. The summed E-state index contributed by atoms with van der Waals surface area (Å²) in [5.41, 5.74) is -0.951. The van der Waals surface area contributed by atoms with E-state index in [1.165, 1.54) is 4.90 Å². The first-order valence-corrected chi connectivity index (χ1v) is 11.6. The number of carbonyl (C=O) groups is 3. The van der Waals surface area contributed by atoms with Gasteiger partial charge in [-0.25, -0.2) is 0 Å². The summed E-state index contributed by atoms with van der Waals surface area (Å²) < 4.78 is 38.9. The van der Waals surface area contributed by atoms with Crippen molar-refractivity contribution in [1.29, 1.82) is 0 Å². The lowest BCUT2D eigenvalue weighted by molar-refractivity contribution is -0.144. The third-order valence-electron chi connectivity index (χ3n) is 7.95. The van der Waals surface area contributed by atoms with Crippen LogP contribution in [0.5, 0.6) is 0 Å². The number of likely N-dealkylation sites (tertiary alicyclic amines) is 1. The fourth-order valence-corrected chi connectivity index (χ4v) is 6.58. The molecule has 32 heavy (non-hydrogen) atoms. The van der Waals surface area contributed by atoms with Crippen LogP contribution >= 0.6 is 11.6 Å². The molecule has 1 heterocycles. The Morgan fingerprint density at radius 2 is 1.56 bits per heavy atom. The highest BCUT2D eigenvalue weighted by molar-refractivity contribution is 6.33. The van der Waals surface area contributed by atoms with E-state index in [2.05, 4.69) is 5.32 Å². The fraction of sp³-hybridized carbons (Fsp3) is 0.609. The number of nitrogens with one attached hydrogen (secondary N) is 1. The first kappa shape index (κ1) is 21.7. The molecule has 172 valence electrons. The summed E-state index contributed by atoms with van der Waals surface area (Å²) >= 11 is 5.98. The molecule has 5 nitrogen and oxygen atoms in total. The van der Waals surface area contributed by atoms with Crippen LogP contribution in [-0.4, -0.2) is 28.7 Å². The highest BCUT2D eigenvalue weighted by Gasteiger charge is 2.61. The summed E-state index contributed by atoms with van der Waals surface area (Å²) in [6, 6.07) is 2.63. The molecule has 1 aromatic rings. The summed E-state index contributed by atoms with van der Waals surface area (Å²) in [5.74, 6) is -0.474. The monoisotopic (exact) mass is 468 g/mol. The molecule has 4 aliphatic rings. The number of hydrogen-bond acceptors (Lipinski definition) is 3. The molecule has 3 saturated carbocycles. The normalized spacial score (nSPS) is 34.2. The number of halogens is 4. The van der Waals surface area contributed by atoms with Gasteiger partial charge in [0.15, 0.2) is 0 Å². The van der Waals surface area contributed by atoms with Crippen LogP contribution in [-0.2, 0) is 20.6 Å². The molecule has 0 unspecified atom stereocenters. The molecule has 0 aromatic heterocycles. The van der Waals surface area contributed by atoms with Gasteiger partial charge < -0.3 is 5.32 Å². The molecule has 4 fully saturated rings. The summed E-state index contributed by atoms with van der Waals surface area (Å²) in [7, 11) is 0. The van der Waals surface area contributed by atoms with Crippen molar-refractivity contribution < 1.29 is 27.6 Å². The predicted octanol–water partition coefficient (Wildman–Crippen LogP) is 4.89. The van der Waals surface area contributed by atoms with Crippen LogP contribution < -0.4 is 5.32 Å². The lowest BCUT2D eigenvalue weighted by Crippen LogP contribution is -2.44. The highest BCUT2D eigenvalue weighted by Crippen LogP contribution is 2.56. The van der Waals surface area contributed by atoms with Crippen molar-refractivity contribution in [2.75, 3.05) is 5.32 Å². The van der Waals surface area contributed by atoms with E-state index in [9.17, 15) is 27.6 Å². The van der Waals surface area contributed by atoms with Crippen LogP contribution in [0.3, 0.4) is 0 Å². The van der Waals surface area contributed by atoms with E-state index in [4.69, 9.17) is 11.6 Å². The maximum atomic E-state index is 13.0. The smallest absolute Gasteiger partial charge is 0.325 e. The molecule has 0 radical (unpaired) electrons. The van der Waals surface area contributed by atoms with Crippen LogP contribution in [0.15, 0.2) is 18.2 Å². The first-order valence-electron chi connectivity index (χ1n) is 11.2. The standard InChI is InChI=1S/C23H24ClF3N2O3/c24-16-8-5-14(23(25,26)27)10-17(16)28-20(30)11-3-6-15(7-4-11)29-21(31)18-12-1-2-13(9-12)19(18)22(29)32/h5,8,10-13,15,18-19H,1-4,6-7,9H2,(H,28,30)/t11?,12-,13+,15?,18-,19-/m0/s1. The van der Waals surface area contributed by atoms with E-state index in [1.54, 1.807) is 0 Å². The zero-order chi connectivity index (χ0) is 22.8. The topological polar surface area (TPSA) is 66.5 Å². The number of anilines is 1. The van der Waals surface area contributed by atoms with Gasteiger partial charge >= 0.3 is 6.18 Å². The largest absolute Gasteiger partial charge is 0.416 e. The van der Waals surface area contributed by atoms with Crippen LogP contribution in [0.2, 0.25) is 5.02 Å². The summed E-state index contributed by atoms with van der Waals surface area (Å²) in [6.45, 7) is 0. The van der Waals surface area contributed by atoms with Gasteiger partial charge in [-0.2, -0.15) is 13.2 Å². The number of hydrogen-bond donors (Lipinski definition) is 1. The van der Waals surface area contributed by atoms with Crippen LogP contribution in [0.4, 0.5) is 18.9 Å². The van der Waals surface area contributed by atoms with Crippen molar-refractivity contribution in [2.45, 2.75) is 57.2 Å². The zero-order valence-electron chi connectivity index (χ0n) is 17.3. The van der Waals surface area contributed by atoms with Gasteiger partial charge in [0.05, 0.1) is 28.1 Å². The molecule has 3 amide bonds. The van der Waals surface area contributed by atoms with Gasteiger partial charge in [-0.3, -0.25) is 19.3 Å². The van der Waals surface area contributed by atoms with Crippen LogP contribution in [0.1, 0.15) is 50.5 Å².